The Bertz CT molecular complexity index is 1060. The van der Waals surface area contributed by atoms with E-state index in [0.717, 1.165) is 35.3 Å². The monoisotopic (exact) mass is 470 g/mol. The second-order valence-electron chi connectivity index (χ2n) is 7.96. The van der Waals surface area contributed by atoms with E-state index >= 15 is 0 Å². The van der Waals surface area contributed by atoms with E-state index < -0.39 is 0 Å². The molecule has 1 N–H and O–H groups in total. The topological polar surface area (TPSA) is 86.1 Å². The molecule has 0 saturated carbocycles. The van der Waals surface area contributed by atoms with Crippen LogP contribution in [0.4, 0.5) is 5.69 Å². The SMILES string of the molecule is CC(C)C(=O)Nc1ccc(C(=O)CSc2nnc(-c3cccs3)n2CC2CCCO2)cc1. The predicted octanol–water partition coefficient (Wildman–Crippen LogP) is 4.76. The highest BCUT2D eigenvalue weighted by molar-refractivity contribution is 7.99. The first-order valence-corrected chi connectivity index (χ1v) is 12.5. The van der Waals surface area contributed by atoms with E-state index in [4.69, 9.17) is 4.74 Å². The Morgan fingerprint density at radius 3 is 2.72 bits per heavy atom. The highest BCUT2D eigenvalue weighted by Crippen LogP contribution is 2.29. The van der Waals surface area contributed by atoms with Crippen molar-refractivity contribution in [3.05, 3.63) is 47.3 Å². The molecule has 1 fully saturated rings. The van der Waals surface area contributed by atoms with Crippen LogP contribution in [0.3, 0.4) is 0 Å². The van der Waals surface area contributed by atoms with Crippen LogP contribution in [0.2, 0.25) is 0 Å². The maximum absolute atomic E-state index is 12.8. The van der Waals surface area contributed by atoms with Crippen LogP contribution in [0.15, 0.2) is 46.9 Å². The minimum Gasteiger partial charge on any atom is -0.376 e. The molecule has 0 bridgehead atoms. The average molecular weight is 471 g/mol. The van der Waals surface area contributed by atoms with E-state index in [-0.39, 0.29) is 29.5 Å². The normalized spacial score (nSPS) is 15.9. The van der Waals surface area contributed by atoms with Gasteiger partial charge in [0.05, 0.1) is 23.3 Å². The van der Waals surface area contributed by atoms with Gasteiger partial charge < -0.3 is 10.1 Å². The molecule has 0 spiro atoms. The minimum absolute atomic E-state index is 0.000996. The minimum atomic E-state index is -0.0984. The number of carbonyl (C=O) groups is 2. The van der Waals surface area contributed by atoms with Crippen LogP contribution < -0.4 is 5.32 Å². The second kappa shape index (κ2) is 10.4. The van der Waals surface area contributed by atoms with Crippen LogP contribution in [0, 0.1) is 5.92 Å². The third-order valence-electron chi connectivity index (χ3n) is 5.20. The number of ketones is 1. The Hall–Kier alpha value is -2.49. The van der Waals surface area contributed by atoms with Gasteiger partial charge in [-0.2, -0.15) is 0 Å². The molecule has 1 aliphatic rings. The number of amides is 1. The number of hydrogen-bond acceptors (Lipinski definition) is 7. The van der Waals surface area contributed by atoms with Crippen LogP contribution in [0.1, 0.15) is 37.0 Å². The van der Waals surface area contributed by atoms with Gasteiger partial charge in [0.1, 0.15) is 0 Å². The average Bonchev–Trinajstić information content (AvgIpc) is 3.55. The molecule has 3 aromatic rings. The van der Waals surface area contributed by atoms with Crippen molar-refractivity contribution in [1.82, 2.24) is 14.8 Å². The fourth-order valence-corrected chi connectivity index (χ4v) is 4.94. The Morgan fingerprint density at radius 1 is 1.25 bits per heavy atom. The summed E-state index contributed by atoms with van der Waals surface area (Å²) in [6, 6.07) is 11.0. The fraction of sp³-hybridized carbons (Fsp3) is 0.391. The molecule has 0 radical (unpaired) electrons. The maximum atomic E-state index is 12.8. The van der Waals surface area contributed by atoms with Crippen LogP contribution in [-0.4, -0.2) is 44.9 Å². The Labute approximate surface area is 195 Å². The third kappa shape index (κ3) is 5.46. The lowest BCUT2D eigenvalue weighted by Crippen LogP contribution is -2.17. The van der Waals surface area contributed by atoms with Gasteiger partial charge in [-0.1, -0.05) is 31.7 Å². The highest BCUT2D eigenvalue weighted by atomic mass is 32.2. The number of rotatable bonds is 9. The highest BCUT2D eigenvalue weighted by Gasteiger charge is 2.22. The van der Waals surface area contributed by atoms with Crippen LogP contribution in [0.25, 0.3) is 10.7 Å². The van der Waals surface area contributed by atoms with Crippen molar-refractivity contribution >= 4 is 40.5 Å². The van der Waals surface area contributed by atoms with Gasteiger partial charge in [0, 0.05) is 23.8 Å². The van der Waals surface area contributed by atoms with Gasteiger partial charge in [0.2, 0.25) is 5.91 Å². The van der Waals surface area contributed by atoms with Crippen molar-refractivity contribution in [1.29, 1.82) is 0 Å². The largest absolute Gasteiger partial charge is 0.376 e. The number of carbonyl (C=O) groups excluding carboxylic acids is 2. The number of anilines is 1. The number of ether oxygens (including phenoxy) is 1. The molecule has 1 aliphatic heterocycles. The standard InChI is InChI=1S/C23H26N4O3S2/c1-15(2)22(29)24-17-9-7-16(8-10-17)19(28)14-32-23-26-25-21(20-6-4-12-31-20)27(23)13-18-5-3-11-30-18/h4,6-10,12,15,18H,3,5,11,13-14H2,1-2H3,(H,24,29). The van der Waals surface area contributed by atoms with Gasteiger partial charge in [-0.15, -0.1) is 21.5 Å². The van der Waals surface area contributed by atoms with E-state index in [2.05, 4.69) is 20.1 Å². The number of benzene rings is 1. The van der Waals surface area contributed by atoms with Crippen molar-refractivity contribution in [3.8, 4) is 10.7 Å². The summed E-state index contributed by atoms with van der Waals surface area (Å²) in [5.41, 5.74) is 1.29. The molecule has 7 nitrogen and oxygen atoms in total. The van der Waals surface area contributed by atoms with Gasteiger partial charge in [0.25, 0.3) is 0 Å². The number of nitrogens with one attached hydrogen (secondary N) is 1. The van der Waals surface area contributed by atoms with Crippen molar-refractivity contribution in [3.63, 3.8) is 0 Å². The summed E-state index contributed by atoms with van der Waals surface area (Å²) in [5, 5.41) is 14.3. The van der Waals surface area contributed by atoms with E-state index in [1.807, 2.05) is 31.4 Å². The van der Waals surface area contributed by atoms with Gasteiger partial charge >= 0.3 is 0 Å². The molecule has 4 rings (SSSR count). The molecule has 168 valence electrons. The summed E-state index contributed by atoms with van der Waals surface area (Å²) in [6.45, 7) is 5.15. The lowest BCUT2D eigenvalue weighted by atomic mass is 10.1. The van der Waals surface area contributed by atoms with Crippen molar-refractivity contribution < 1.29 is 14.3 Å². The summed E-state index contributed by atoms with van der Waals surface area (Å²) < 4.78 is 7.90. The van der Waals surface area contributed by atoms with Crippen LogP contribution in [0.5, 0.6) is 0 Å². The first-order valence-electron chi connectivity index (χ1n) is 10.7. The third-order valence-corrected chi connectivity index (χ3v) is 7.03. The second-order valence-corrected chi connectivity index (χ2v) is 9.85. The molecular weight excluding hydrogens is 444 g/mol. The molecule has 1 saturated heterocycles. The lowest BCUT2D eigenvalue weighted by Gasteiger charge is -2.14. The summed E-state index contributed by atoms with van der Waals surface area (Å²) in [5.74, 6) is 0.925. The Kier molecular flexibility index (Phi) is 7.39. The number of nitrogens with zero attached hydrogens (tertiary/aromatic N) is 3. The van der Waals surface area contributed by atoms with Crippen LogP contribution >= 0.6 is 23.1 Å². The molecule has 1 atom stereocenters. The predicted molar refractivity (Wildman–Crippen MR) is 127 cm³/mol. The van der Waals surface area contributed by atoms with Crippen molar-refractivity contribution in [2.24, 2.45) is 5.92 Å². The van der Waals surface area contributed by atoms with Gasteiger partial charge in [-0.05, 0) is 48.6 Å². The molecule has 9 heteroatoms. The maximum Gasteiger partial charge on any atom is 0.226 e. The fourth-order valence-electron chi connectivity index (χ4n) is 3.38. The Balaban J connectivity index is 1.43. The molecule has 1 unspecified atom stereocenters. The van der Waals surface area contributed by atoms with Crippen LogP contribution in [-0.2, 0) is 16.1 Å². The lowest BCUT2D eigenvalue weighted by molar-refractivity contribution is -0.118. The first-order chi connectivity index (χ1) is 15.5. The quantitative estimate of drug-likeness (QED) is 0.359. The number of thiophene rings is 1. The van der Waals surface area contributed by atoms with Gasteiger partial charge in [-0.3, -0.25) is 14.2 Å². The van der Waals surface area contributed by atoms with Crippen molar-refractivity contribution in [2.45, 2.75) is 44.5 Å². The zero-order valence-electron chi connectivity index (χ0n) is 18.1. The summed E-state index contributed by atoms with van der Waals surface area (Å²) in [7, 11) is 0. The number of aromatic nitrogens is 3. The van der Waals surface area contributed by atoms with Crippen molar-refractivity contribution in [2.75, 3.05) is 17.7 Å². The first kappa shape index (κ1) is 22.7. The van der Waals surface area contributed by atoms with Gasteiger partial charge in [0.15, 0.2) is 16.8 Å². The van der Waals surface area contributed by atoms with E-state index in [1.165, 1.54) is 11.8 Å². The molecular formula is C23H26N4O3S2. The summed E-state index contributed by atoms with van der Waals surface area (Å²) >= 11 is 3.01. The zero-order chi connectivity index (χ0) is 22.5. The number of hydrogen-bond donors (Lipinski definition) is 1. The van der Waals surface area contributed by atoms with E-state index in [9.17, 15) is 9.59 Å². The molecule has 2 aromatic heterocycles. The summed E-state index contributed by atoms with van der Waals surface area (Å²) in [6.07, 6.45) is 2.23. The smallest absolute Gasteiger partial charge is 0.226 e. The molecule has 0 aliphatic carbocycles. The molecule has 1 amide bonds. The van der Waals surface area contributed by atoms with E-state index in [0.29, 0.717) is 17.8 Å². The molecule has 32 heavy (non-hydrogen) atoms. The Morgan fingerprint density at radius 2 is 2.06 bits per heavy atom. The number of thioether (sulfide) groups is 1. The molecule has 1 aromatic carbocycles. The summed E-state index contributed by atoms with van der Waals surface area (Å²) in [4.78, 5) is 25.6. The zero-order valence-corrected chi connectivity index (χ0v) is 19.7. The van der Waals surface area contributed by atoms with Gasteiger partial charge in [-0.25, -0.2) is 0 Å². The number of Topliss-reactive ketones (excluding diaryl/α,β-unsaturated/α-hetero) is 1. The molecule has 3 heterocycles. The van der Waals surface area contributed by atoms with E-state index in [1.54, 1.807) is 35.6 Å².